The molecule has 2 heterocycles. The molecule has 1 amide bonds. The van der Waals surface area contributed by atoms with Crippen LogP contribution in [0.5, 0.6) is 0 Å². The van der Waals surface area contributed by atoms with Gasteiger partial charge in [-0.15, -0.1) is 11.3 Å². The lowest BCUT2D eigenvalue weighted by Gasteiger charge is -2.15. The van der Waals surface area contributed by atoms with E-state index in [2.05, 4.69) is 14.7 Å². The molecule has 0 saturated heterocycles. The Balaban J connectivity index is 1.73. The number of hydrogen-bond acceptors (Lipinski definition) is 6. The molecule has 0 bridgehead atoms. The van der Waals surface area contributed by atoms with Crippen molar-refractivity contribution in [3.05, 3.63) is 58.9 Å². The molecule has 3 rings (SSSR count). The van der Waals surface area contributed by atoms with Gasteiger partial charge in [0.1, 0.15) is 10.7 Å². The Morgan fingerprint density at radius 2 is 2.00 bits per heavy atom. The maximum absolute atomic E-state index is 12.4. The summed E-state index contributed by atoms with van der Waals surface area (Å²) in [6.07, 6.45) is 1.34. The number of pyridine rings is 1. The number of rotatable bonds is 4. The summed E-state index contributed by atoms with van der Waals surface area (Å²) in [4.78, 5) is 33.9. The predicted octanol–water partition coefficient (Wildman–Crippen LogP) is 2.75. The van der Waals surface area contributed by atoms with Gasteiger partial charge < -0.3 is 9.64 Å². The SMILES string of the molecule is COC(=O)c1ccc(C(=O)N(C)Cc2nc3ccccc3s2)nc1. The van der Waals surface area contributed by atoms with E-state index in [1.54, 1.807) is 23.3 Å². The Bertz CT molecular complexity index is 856. The van der Waals surface area contributed by atoms with E-state index < -0.39 is 5.97 Å². The number of thiazole rings is 1. The van der Waals surface area contributed by atoms with E-state index in [0.717, 1.165) is 15.2 Å². The molecule has 0 aliphatic heterocycles. The highest BCUT2D eigenvalue weighted by molar-refractivity contribution is 7.18. The van der Waals surface area contributed by atoms with E-state index in [4.69, 9.17) is 0 Å². The van der Waals surface area contributed by atoms with Gasteiger partial charge in [-0.1, -0.05) is 12.1 Å². The summed E-state index contributed by atoms with van der Waals surface area (Å²) in [6.45, 7) is 0.401. The second-order valence-corrected chi connectivity index (χ2v) is 6.28. The fourth-order valence-electron chi connectivity index (χ4n) is 2.22. The highest BCUT2D eigenvalue weighted by atomic mass is 32.1. The smallest absolute Gasteiger partial charge is 0.339 e. The van der Waals surface area contributed by atoms with Gasteiger partial charge in [0.05, 0.1) is 29.4 Å². The number of aromatic nitrogens is 2. The quantitative estimate of drug-likeness (QED) is 0.682. The zero-order chi connectivity index (χ0) is 17.1. The number of hydrogen-bond donors (Lipinski definition) is 0. The summed E-state index contributed by atoms with van der Waals surface area (Å²) >= 11 is 1.56. The first-order valence-corrected chi connectivity index (χ1v) is 8.04. The van der Waals surface area contributed by atoms with Crippen molar-refractivity contribution in [2.24, 2.45) is 0 Å². The van der Waals surface area contributed by atoms with Crippen LogP contribution in [0.3, 0.4) is 0 Å². The van der Waals surface area contributed by atoms with Crippen molar-refractivity contribution in [2.75, 3.05) is 14.2 Å². The molecular weight excluding hydrogens is 326 g/mol. The van der Waals surface area contributed by atoms with Crippen molar-refractivity contribution in [3.63, 3.8) is 0 Å². The van der Waals surface area contributed by atoms with Crippen LogP contribution in [-0.2, 0) is 11.3 Å². The lowest BCUT2D eigenvalue weighted by Crippen LogP contribution is -2.27. The van der Waals surface area contributed by atoms with Gasteiger partial charge in [0.15, 0.2) is 0 Å². The molecule has 0 unspecified atom stereocenters. The van der Waals surface area contributed by atoms with Crippen LogP contribution in [0.25, 0.3) is 10.2 Å². The lowest BCUT2D eigenvalue weighted by atomic mass is 10.2. The Morgan fingerprint density at radius 3 is 2.67 bits per heavy atom. The molecular formula is C17H15N3O3S. The number of nitrogens with zero attached hydrogens (tertiary/aromatic N) is 3. The minimum Gasteiger partial charge on any atom is -0.465 e. The molecule has 0 radical (unpaired) electrons. The molecule has 0 atom stereocenters. The summed E-state index contributed by atoms with van der Waals surface area (Å²) in [6, 6.07) is 10.9. The molecule has 0 aliphatic carbocycles. The largest absolute Gasteiger partial charge is 0.465 e. The third kappa shape index (κ3) is 3.26. The zero-order valence-corrected chi connectivity index (χ0v) is 14.0. The number of methoxy groups -OCH3 is 1. The van der Waals surface area contributed by atoms with E-state index in [-0.39, 0.29) is 11.6 Å². The summed E-state index contributed by atoms with van der Waals surface area (Å²) in [5.74, 6) is -0.713. The number of benzene rings is 1. The van der Waals surface area contributed by atoms with Crippen molar-refractivity contribution >= 4 is 33.4 Å². The lowest BCUT2D eigenvalue weighted by molar-refractivity contribution is 0.0599. The standard InChI is InChI=1S/C17H15N3O3S/c1-20(10-15-19-12-5-3-4-6-14(12)24-15)16(21)13-8-7-11(9-18-13)17(22)23-2/h3-9H,10H2,1-2H3. The molecule has 24 heavy (non-hydrogen) atoms. The molecule has 122 valence electrons. The van der Waals surface area contributed by atoms with Crippen molar-refractivity contribution in [3.8, 4) is 0 Å². The minimum atomic E-state index is -0.482. The minimum absolute atomic E-state index is 0.231. The maximum Gasteiger partial charge on any atom is 0.339 e. The van der Waals surface area contributed by atoms with Crippen molar-refractivity contribution in [1.82, 2.24) is 14.9 Å². The first-order chi connectivity index (χ1) is 11.6. The Kier molecular flexibility index (Phi) is 4.52. The number of carbonyl (C=O) groups is 2. The number of para-hydroxylation sites is 1. The number of esters is 1. The van der Waals surface area contributed by atoms with Crippen molar-refractivity contribution in [2.45, 2.75) is 6.54 Å². The second kappa shape index (κ2) is 6.76. The zero-order valence-electron chi connectivity index (χ0n) is 13.2. The number of fused-ring (bicyclic) bond motifs is 1. The topological polar surface area (TPSA) is 72.4 Å². The molecule has 0 spiro atoms. The number of carbonyl (C=O) groups excluding carboxylic acids is 2. The van der Waals surface area contributed by atoms with Crippen LogP contribution < -0.4 is 0 Å². The van der Waals surface area contributed by atoms with Gasteiger partial charge in [-0.3, -0.25) is 9.78 Å². The molecule has 0 fully saturated rings. The number of ether oxygens (including phenoxy) is 1. The van der Waals surface area contributed by atoms with Gasteiger partial charge in [0.25, 0.3) is 5.91 Å². The fraction of sp³-hybridized carbons (Fsp3) is 0.176. The van der Waals surface area contributed by atoms with Gasteiger partial charge in [-0.2, -0.15) is 0 Å². The number of amides is 1. The molecule has 6 nitrogen and oxygen atoms in total. The Hall–Kier alpha value is -2.80. The Morgan fingerprint density at radius 1 is 1.21 bits per heavy atom. The summed E-state index contributed by atoms with van der Waals surface area (Å²) < 4.78 is 5.70. The molecule has 1 aromatic carbocycles. The van der Waals surface area contributed by atoms with Crippen LogP contribution in [0.2, 0.25) is 0 Å². The van der Waals surface area contributed by atoms with Gasteiger partial charge in [-0.25, -0.2) is 9.78 Å². The van der Waals surface area contributed by atoms with E-state index in [0.29, 0.717) is 12.1 Å². The first kappa shape index (κ1) is 16.1. The van der Waals surface area contributed by atoms with Crippen molar-refractivity contribution < 1.29 is 14.3 Å². The normalized spacial score (nSPS) is 10.6. The molecule has 0 N–H and O–H groups in total. The third-order valence-corrected chi connectivity index (χ3v) is 4.48. The van der Waals surface area contributed by atoms with Crippen molar-refractivity contribution in [1.29, 1.82) is 0 Å². The fourth-order valence-corrected chi connectivity index (χ4v) is 3.24. The van der Waals surface area contributed by atoms with Gasteiger partial charge in [0, 0.05) is 13.2 Å². The highest BCUT2D eigenvalue weighted by Gasteiger charge is 2.16. The van der Waals surface area contributed by atoms with Gasteiger partial charge >= 0.3 is 5.97 Å². The first-order valence-electron chi connectivity index (χ1n) is 7.23. The van der Waals surface area contributed by atoms with E-state index in [9.17, 15) is 9.59 Å². The molecule has 0 aliphatic rings. The molecule has 7 heteroatoms. The van der Waals surface area contributed by atoms with Gasteiger partial charge in [0.2, 0.25) is 0 Å². The van der Waals surface area contributed by atoms with Crippen LogP contribution in [0.4, 0.5) is 0 Å². The van der Waals surface area contributed by atoms with E-state index >= 15 is 0 Å². The van der Waals surface area contributed by atoms with Gasteiger partial charge in [-0.05, 0) is 24.3 Å². The molecule has 0 saturated carbocycles. The predicted molar refractivity (Wildman–Crippen MR) is 91.0 cm³/mol. The van der Waals surface area contributed by atoms with Crippen LogP contribution in [0, 0.1) is 0 Å². The average molecular weight is 341 g/mol. The van der Waals surface area contributed by atoms with Crippen LogP contribution in [0.1, 0.15) is 25.9 Å². The summed E-state index contributed by atoms with van der Waals surface area (Å²) in [7, 11) is 3.00. The van der Waals surface area contributed by atoms with Crippen LogP contribution >= 0.6 is 11.3 Å². The highest BCUT2D eigenvalue weighted by Crippen LogP contribution is 2.22. The van der Waals surface area contributed by atoms with Crippen LogP contribution in [-0.4, -0.2) is 40.9 Å². The van der Waals surface area contributed by atoms with E-state index in [1.165, 1.54) is 25.4 Å². The monoisotopic (exact) mass is 341 g/mol. The summed E-state index contributed by atoms with van der Waals surface area (Å²) in [5, 5.41) is 0.859. The third-order valence-electron chi connectivity index (χ3n) is 3.46. The molecule has 2 aromatic heterocycles. The molecule has 3 aromatic rings. The van der Waals surface area contributed by atoms with E-state index in [1.807, 2.05) is 24.3 Å². The average Bonchev–Trinajstić information content (AvgIpc) is 3.02. The Labute approximate surface area is 142 Å². The second-order valence-electron chi connectivity index (χ2n) is 5.16. The van der Waals surface area contributed by atoms with Crippen LogP contribution in [0.15, 0.2) is 42.6 Å². The summed E-state index contributed by atoms with van der Waals surface area (Å²) in [5.41, 5.74) is 1.51. The maximum atomic E-state index is 12.4.